The maximum atomic E-state index is 10.9. The molecule has 0 aliphatic carbocycles. The Bertz CT molecular complexity index is 644. The van der Waals surface area contributed by atoms with Crippen molar-refractivity contribution in [2.75, 3.05) is 0 Å². The van der Waals surface area contributed by atoms with Crippen molar-refractivity contribution in [1.29, 1.82) is 0 Å². The van der Waals surface area contributed by atoms with E-state index in [1.165, 1.54) is 12.4 Å². The van der Waals surface area contributed by atoms with Crippen LogP contribution in [-0.2, 0) is 0 Å². The molecule has 0 saturated carbocycles. The fourth-order valence-electron chi connectivity index (χ4n) is 1.64. The molecule has 0 atom stereocenters. The molecule has 1 N–H and O–H groups in total. The molecule has 1 aromatic carbocycles. The Hall–Kier alpha value is -2.14. The number of carbonyl (C=O) groups is 1. The molecule has 20 heavy (non-hydrogen) atoms. The molecule has 1 heterocycles. The van der Waals surface area contributed by atoms with Gasteiger partial charge in [-0.2, -0.15) is 0 Å². The van der Waals surface area contributed by atoms with E-state index >= 15 is 0 Å². The molecule has 2 aromatic rings. The van der Waals surface area contributed by atoms with Gasteiger partial charge in [0.05, 0.1) is 16.8 Å². The van der Waals surface area contributed by atoms with Crippen molar-refractivity contribution in [3.8, 4) is 17.0 Å². The van der Waals surface area contributed by atoms with Crippen LogP contribution in [0, 0.1) is 0 Å². The quantitative estimate of drug-likeness (QED) is 0.936. The highest BCUT2D eigenvalue weighted by Crippen LogP contribution is 2.30. The van der Waals surface area contributed by atoms with E-state index in [9.17, 15) is 4.79 Å². The number of nitrogens with zero attached hydrogens (tertiary/aromatic N) is 2. The van der Waals surface area contributed by atoms with Crippen molar-refractivity contribution < 1.29 is 14.6 Å². The highest BCUT2D eigenvalue weighted by Gasteiger charge is 2.10. The number of carboxylic acid groups (broad SMARTS) is 1. The first kappa shape index (κ1) is 14.3. The molecule has 0 radical (unpaired) electrons. The lowest BCUT2D eigenvalue weighted by Gasteiger charge is -2.12. The predicted octanol–water partition coefficient (Wildman–Crippen LogP) is 3.28. The van der Waals surface area contributed by atoms with Gasteiger partial charge in [0.1, 0.15) is 12.1 Å². The van der Waals surface area contributed by atoms with Crippen LogP contribution in [0.4, 0.5) is 0 Å². The summed E-state index contributed by atoms with van der Waals surface area (Å²) in [6, 6.07) is 6.58. The lowest BCUT2D eigenvalue weighted by Crippen LogP contribution is -2.06. The Labute approximate surface area is 121 Å². The van der Waals surface area contributed by atoms with Crippen LogP contribution in [0.25, 0.3) is 11.3 Å². The van der Waals surface area contributed by atoms with Crippen molar-refractivity contribution in [2.24, 2.45) is 0 Å². The lowest BCUT2D eigenvalue weighted by atomic mass is 10.1. The average molecular weight is 293 g/mol. The number of aromatic carboxylic acids is 1. The van der Waals surface area contributed by atoms with E-state index in [0.29, 0.717) is 16.5 Å². The van der Waals surface area contributed by atoms with Gasteiger partial charge in [0.15, 0.2) is 5.69 Å². The molecule has 0 bridgehead atoms. The van der Waals surface area contributed by atoms with E-state index < -0.39 is 5.97 Å². The van der Waals surface area contributed by atoms with Crippen LogP contribution in [0.3, 0.4) is 0 Å². The number of ether oxygens (including phenoxy) is 1. The molecular weight excluding hydrogens is 280 g/mol. The van der Waals surface area contributed by atoms with Crippen LogP contribution in [0.2, 0.25) is 5.02 Å². The van der Waals surface area contributed by atoms with Crippen molar-refractivity contribution in [1.82, 2.24) is 9.97 Å². The average Bonchev–Trinajstić information content (AvgIpc) is 2.41. The second-order valence-electron chi connectivity index (χ2n) is 4.41. The Balaban J connectivity index is 2.42. The first-order chi connectivity index (χ1) is 9.47. The smallest absolute Gasteiger partial charge is 0.354 e. The van der Waals surface area contributed by atoms with E-state index in [1.807, 2.05) is 13.8 Å². The fraction of sp³-hybridized carbons (Fsp3) is 0.214. The van der Waals surface area contributed by atoms with Crippen LogP contribution in [0.1, 0.15) is 24.3 Å². The zero-order valence-corrected chi connectivity index (χ0v) is 11.8. The zero-order chi connectivity index (χ0) is 14.7. The maximum absolute atomic E-state index is 10.9. The van der Waals surface area contributed by atoms with Crippen LogP contribution >= 0.6 is 11.6 Å². The molecule has 0 aliphatic heterocycles. The molecule has 5 nitrogen and oxygen atoms in total. The molecule has 104 valence electrons. The summed E-state index contributed by atoms with van der Waals surface area (Å²) in [5.41, 5.74) is 1.16. The SMILES string of the molecule is CC(C)Oc1cc(-c2cc(C(=O)O)ncn2)ccc1Cl. The minimum absolute atomic E-state index is 0.0114. The molecule has 2 rings (SSSR count). The van der Waals surface area contributed by atoms with Crippen molar-refractivity contribution in [3.63, 3.8) is 0 Å². The third-order valence-electron chi connectivity index (χ3n) is 2.48. The number of rotatable bonds is 4. The van der Waals surface area contributed by atoms with Gasteiger partial charge in [0.25, 0.3) is 0 Å². The molecule has 0 unspecified atom stereocenters. The Morgan fingerprint density at radius 1 is 1.30 bits per heavy atom. The number of carboxylic acids is 1. The minimum Gasteiger partial charge on any atom is -0.489 e. The van der Waals surface area contributed by atoms with E-state index in [2.05, 4.69) is 9.97 Å². The third kappa shape index (κ3) is 3.24. The predicted molar refractivity (Wildman–Crippen MR) is 75.2 cm³/mol. The Morgan fingerprint density at radius 3 is 2.70 bits per heavy atom. The zero-order valence-electron chi connectivity index (χ0n) is 11.0. The van der Waals surface area contributed by atoms with Gasteiger partial charge in [0, 0.05) is 5.56 Å². The molecule has 6 heteroatoms. The highest BCUT2D eigenvalue weighted by molar-refractivity contribution is 6.32. The highest BCUT2D eigenvalue weighted by atomic mass is 35.5. The number of benzene rings is 1. The number of halogens is 1. The summed E-state index contributed by atoms with van der Waals surface area (Å²) in [7, 11) is 0. The minimum atomic E-state index is -1.10. The van der Waals surface area contributed by atoms with Crippen LogP contribution in [0.5, 0.6) is 5.75 Å². The van der Waals surface area contributed by atoms with Crippen molar-refractivity contribution >= 4 is 17.6 Å². The van der Waals surface area contributed by atoms with Gasteiger partial charge in [-0.05, 0) is 32.0 Å². The summed E-state index contributed by atoms with van der Waals surface area (Å²) in [5.74, 6) is -0.559. The number of hydrogen-bond acceptors (Lipinski definition) is 4. The second-order valence-corrected chi connectivity index (χ2v) is 4.81. The fourth-order valence-corrected chi connectivity index (χ4v) is 1.80. The van der Waals surface area contributed by atoms with Gasteiger partial charge in [-0.3, -0.25) is 0 Å². The molecule has 0 amide bonds. The molecule has 0 saturated heterocycles. The van der Waals surface area contributed by atoms with Gasteiger partial charge in [0.2, 0.25) is 0 Å². The normalized spacial score (nSPS) is 10.6. The standard InChI is InChI=1S/C14H13ClN2O3/c1-8(2)20-13-5-9(3-4-10(13)15)11-6-12(14(18)19)17-7-16-11/h3-8H,1-2H3,(H,18,19). The largest absolute Gasteiger partial charge is 0.489 e. The first-order valence-electron chi connectivity index (χ1n) is 5.99. The van der Waals surface area contributed by atoms with E-state index in [0.717, 1.165) is 5.56 Å². The summed E-state index contributed by atoms with van der Waals surface area (Å²) in [6.45, 7) is 3.80. The Kier molecular flexibility index (Phi) is 4.20. The van der Waals surface area contributed by atoms with Gasteiger partial charge in [-0.15, -0.1) is 0 Å². The third-order valence-corrected chi connectivity index (χ3v) is 2.79. The topological polar surface area (TPSA) is 72.3 Å². The summed E-state index contributed by atoms with van der Waals surface area (Å²) < 4.78 is 5.59. The number of aromatic nitrogens is 2. The van der Waals surface area contributed by atoms with Crippen molar-refractivity contribution in [2.45, 2.75) is 20.0 Å². The van der Waals surface area contributed by atoms with Gasteiger partial charge < -0.3 is 9.84 Å². The lowest BCUT2D eigenvalue weighted by molar-refractivity contribution is 0.0690. The Morgan fingerprint density at radius 2 is 2.05 bits per heavy atom. The summed E-state index contributed by atoms with van der Waals surface area (Å²) in [5, 5.41) is 9.43. The summed E-state index contributed by atoms with van der Waals surface area (Å²) >= 11 is 6.06. The maximum Gasteiger partial charge on any atom is 0.354 e. The van der Waals surface area contributed by atoms with Crippen molar-refractivity contribution in [3.05, 3.63) is 41.3 Å². The molecule has 1 aromatic heterocycles. The molecule has 0 aliphatic rings. The van der Waals surface area contributed by atoms with Crippen LogP contribution in [0.15, 0.2) is 30.6 Å². The number of hydrogen-bond donors (Lipinski definition) is 1. The van der Waals surface area contributed by atoms with Gasteiger partial charge >= 0.3 is 5.97 Å². The van der Waals surface area contributed by atoms with Gasteiger partial charge in [-0.1, -0.05) is 17.7 Å². The molecule has 0 fully saturated rings. The summed E-state index contributed by atoms with van der Waals surface area (Å²) in [6.07, 6.45) is 1.21. The van der Waals surface area contributed by atoms with Gasteiger partial charge in [-0.25, -0.2) is 14.8 Å². The molecular formula is C14H13ClN2O3. The van der Waals surface area contributed by atoms with Crippen LogP contribution in [-0.4, -0.2) is 27.1 Å². The summed E-state index contributed by atoms with van der Waals surface area (Å²) in [4.78, 5) is 18.7. The van der Waals surface area contributed by atoms with E-state index in [-0.39, 0.29) is 11.8 Å². The first-order valence-corrected chi connectivity index (χ1v) is 6.37. The van der Waals surface area contributed by atoms with E-state index in [1.54, 1.807) is 18.2 Å². The van der Waals surface area contributed by atoms with E-state index in [4.69, 9.17) is 21.4 Å². The second kappa shape index (κ2) is 5.88. The monoisotopic (exact) mass is 292 g/mol. The molecule has 0 spiro atoms. The van der Waals surface area contributed by atoms with Crippen LogP contribution < -0.4 is 4.74 Å².